The van der Waals surface area contributed by atoms with Crippen molar-refractivity contribution in [1.82, 2.24) is 0 Å². The first-order valence-corrected chi connectivity index (χ1v) is 5.20. The Bertz CT molecular complexity index is 227. The summed E-state index contributed by atoms with van der Waals surface area (Å²) in [6.45, 7) is 4.33. The van der Waals surface area contributed by atoms with Crippen LogP contribution < -0.4 is 0 Å². The number of rotatable bonds is 0. The molecule has 0 nitrogen and oxygen atoms in total. The van der Waals surface area contributed by atoms with Crippen LogP contribution in [0.2, 0.25) is 0 Å². The SMILES string of the molecule is Cc1c(I)ccc(I)c1C. The molecule has 1 aromatic carbocycles. The summed E-state index contributed by atoms with van der Waals surface area (Å²) in [5, 5.41) is 0. The van der Waals surface area contributed by atoms with Crippen molar-refractivity contribution in [2.45, 2.75) is 13.8 Å². The number of benzene rings is 1. The highest BCUT2D eigenvalue weighted by Crippen LogP contribution is 2.20. The first-order valence-electron chi connectivity index (χ1n) is 3.04. The molecule has 0 saturated carbocycles. The molecule has 0 spiro atoms. The van der Waals surface area contributed by atoms with Crippen molar-refractivity contribution in [3.05, 3.63) is 30.4 Å². The predicted octanol–water partition coefficient (Wildman–Crippen LogP) is 3.51. The van der Waals surface area contributed by atoms with Gasteiger partial charge in [0.15, 0.2) is 0 Å². The molecule has 0 atom stereocenters. The van der Waals surface area contributed by atoms with E-state index in [2.05, 4.69) is 71.2 Å². The Morgan fingerprint density at radius 1 is 0.900 bits per heavy atom. The van der Waals surface area contributed by atoms with E-state index >= 15 is 0 Å². The lowest BCUT2D eigenvalue weighted by atomic mass is 10.1. The highest BCUT2D eigenvalue weighted by molar-refractivity contribution is 14.1. The summed E-state index contributed by atoms with van der Waals surface area (Å²) >= 11 is 4.73. The van der Waals surface area contributed by atoms with Gasteiger partial charge in [0.25, 0.3) is 0 Å². The van der Waals surface area contributed by atoms with Gasteiger partial charge in [-0.05, 0) is 82.3 Å². The third-order valence-electron chi connectivity index (χ3n) is 1.65. The van der Waals surface area contributed by atoms with Gasteiger partial charge in [-0.3, -0.25) is 0 Å². The van der Waals surface area contributed by atoms with Crippen LogP contribution >= 0.6 is 45.2 Å². The van der Waals surface area contributed by atoms with Crippen molar-refractivity contribution in [1.29, 1.82) is 0 Å². The monoisotopic (exact) mass is 358 g/mol. The number of halogens is 2. The molecule has 0 unspecified atom stereocenters. The van der Waals surface area contributed by atoms with Gasteiger partial charge in [0, 0.05) is 7.14 Å². The van der Waals surface area contributed by atoms with Crippen LogP contribution in [0, 0.1) is 21.0 Å². The van der Waals surface area contributed by atoms with Gasteiger partial charge in [-0.25, -0.2) is 0 Å². The first kappa shape index (κ1) is 8.77. The Hall–Kier alpha value is 0.680. The Labute approximate surface area is 88.7 Å². The zero-order valence-electron chi connectivity index (χ0n) is 5.91. The summed E-state index contributed by atoms with van der Waals surface area (Å²) < 4.78 is 2.71. The summed E-state index contributed by atoms with van der Waals surface area (Å²) in [6.07, 6.45) is 0. The average molecular weight is 358 g/mol. The summed E-state index contributed by atoms with van der Waals surface area (Å²) in [6, 6.07) is 4.31. The minimum Gasteiger partial charge on any atom is -0.0475 e. The Morgan fingerprint density at radius 2 is 1.20 bits per heavy atom. The molecule has 0 N–H and O–H groups in total. The minimum absolute atomic E-state index is 1.36. The van der Waals surface area contributed by atoms with Gasteiger partial charge in [0.05, 0.1) is 0 Å². The standard InChI is InChI=1S/C8H8I2/c1-5-6(2)8(10)4-3-7(5)9/h3-4H,1-2H3. The van der Waals surface area contributed by atoms with Gasteiger partial charge < -0.3 is 0 Å². The molecular weight excluding hydrogens is 350 g/mol. The lowest BCUT2D eigenvalue weighted by Gasteiger charge is -2.03. The van der Waals surface area contributed by atoms with Gasteiger partial charge in [0.1, 0.15) is 0 Å². The molecule has 0 fully saturated rings. The van der Waals surface area contributed by atoms with E-state index in [1.807, 2.05) is 0 Å². The van der Waals surface area contributed by atoms with Crippen LogP contribution in [0.1, 0.15) is 11.1 Å². The lowest BCUT2D eigenvalue weighted by molar-refractivity contribution is 1.29. The normalized spacial score (nSPS) is 10.0. The van der Waals surface area contributed by atoms with Crippen LogP contribution in [0.15, 0.2) is 12.1 Å². The van der Waals surface area contributed by atoms with Crippen LogP contribution in [-0.2, 0) is 0 Å². The maximum Gasteiger partial charge on any atom is 0.0162 e. The quantitative estimate of drug-likeness (QED) is 0.623. The molecule has 0 radical (unpaired) electrons. The van der Waals surface area contributed by atoms with Crippen LogP contribution in [0.5, 0.6) is 0 Å². The molecule has 0 aliphatic heterocycles. The fraction of sp³-hybridized carbons (Fsp3) is 0.250. The minimum atomic E-state index is 1.36. The predicted molar refractivity (Wildman–Crippen MR) is 61.4 cm³/mol. The van der Waals surface area contributed by atoms with Crippen LogP contribution in [-0.4, -0.2) is 0 Å². The van der Waals surface area contributed by atoms with Crippen molar-refractivity contribution in [3.63, 3.8) is 0 Å². The van der Waals surface area contributed by atoms with Crippen molar-refractivity contribution >= 4 is 45.2 Å². The van der Waals surface area contributed by atoms with Crippen LogP contribution in [0.3, 0.4) is 0 Å². The zero-order valence-corrected chi connectivity index (χ0v) is 10.2. The third-order valence-corrected chi connectivity index (χ3v) is 3.99. The van der Waals surface area contributed by atoms with Crippen molar-refractivity contribution < 1.29 is 0 Å². The molecule has 0 aliphatic carbocycles. The van der Waals surface area contributed by atoms with Crippen LogP contribution in [0.25, 0.3) is 0 Å². The topological polar surface area (TPSA) is 0 Å². The summed E-state index contributed by atoms with van der Waals surface area (Å²) in [4.78, 5) is 0. The number of hydrogen-bond acceptors (Lipinski definition) is 0. The van der Waals surface area contributed by atoms with Gasteiger partial charge in [-0.1, -0.05) is 0 Å². The Balaban J connectivity index is 3.34. The molecule has 1 aromatic rings. The molecule has 0 saturated heterocycles. The van der Waals surface area contributed by atoms with E-state index < -0.39 is 0 Å². The summed E-state index contributed by atoms with van der Waals surface area (Å²) in [5.41, 5.74) is 2.82. The second kappa shape index (κ2) is 3.38. The molecular formula is C8H8I2. The Morgan fingerprint density at radius 3 is 1.50 bits per heavy atom. The molecule has 10 heavy (non-hydrogen) atoms. The first-order chi connectivity index (χ1) is 4.63. The molecule has 0 aliphatic rings. The third kappa shape index (κ3) is 1.64. The van der Waals surface area contributed by atoms with Crippen molar-refractivity contribution in [3.8, 4) is 0 Å². The molecule has 2 heteroatoms. The maximum atomic E-state index is 2.36. The molecule has 0 amide bonds. The smallest absolute Gasteiger partial charge is 0.0162 e. The summed E-state index contributed by atoms with van der Waals surface area (Å²) in [5.74, 6) is 0. The second-order valence-corrected chi connectivity index (χ2v) is 4.60. The summed E-state index contributed by atoms with van der Waals surface area (Å²) in [7, 11) is 0. The molecule has 0 heterocycles. The van der Waals surface area contributed by atoms with E-state index in [0.29, 0.717) is 0 Å². The zero-order chi connectivity index (χ0) is 7.72. The van der Waals surface area contributed by atoms with E-state index in [1.54, 1.807) is 0 Å². The highest BCUT2D eigenvalue weighted by Gasteiger charge is 1.99. The molecule has 54 valence electrons. The van der Waals surface area contributed by atoms with Gasteiger partial charge in [-0.2, -0.15) is 0 Å². The molecule has 1 rings (SSSR count). The van der Waals surface area contributed by atoms with E-state index in [9.17, 15) is 0 Å². The van der Waals surface area contributed by atoms with E-state index in [0.717, 1.165) is 0 Å². The Kier molecular flexibility index (Phi) is 2.97. The van der Waals surface area contributed by atoms with Crippen molar-refractivity contribution in [2.75, 3.05) is 0 Å². The van der Waals surface area contributed by atoms with E-state index in [4.69, 9.17) is 0 Å². The fourth-order valence-electron chi connectivity index (χ4n) is 0.755. The lowest BCUT2D eigenvalue weighted by Crippen LogP contribution is -1.88. The second-order valence-electron chi connectivity index (χ2n) is 2.28. The van der Waals surface area contributed by atoms with Gasteiger partial charge in [-0.15, -0.1) is 0 Å². The van der Waals surface area contributed by atoms with E-state index in [-0.39, 0.29) is 0 Å². The fourth-order valence-corrected chi connectivity index (χ4v) is 1.92. The number of hydrogen-bond donors (Lipinski definition) is 0. The molecule has 0 aromatic heterocycles. The van der Waals surface area contributed by atoms with Crippen LogP contribution in [0.4, 0.5) is 0 Å². The average Bonchev–Trinajstić information content (AvgIpc) is 1.93. The van der Waals surface area contributed by atoms with Gasteiger partial charge in [0.2, 0.25) is 0 Å². The highest BCUT2D eigenvalue weighted by atomic mass is 127. The van der Waals surface area contributed by atoms with Crippen molar-refractivity contribution in [2.24, 2.45) is 0 Å². The maximum absolute atomic E-state index is 2.36. The molecule has 0 bridgehead atoms. The largest absolute Gasteiger partial charge is 0.0475 e. The van der Waals surface area contributed by atoms with E-state index in [1.165, 1.54) is 18.3 Å². The van der Waals surface area contributed by atoms with Gasteiger partial charge >= 0.3 is 0 Å².